The van der Waals surface area contributed by atoms with E-state index < -0.39 is 0 Å². The highest BCUT2D eigenvalue weighted by Gasteiger charge is 2.24. The van der Waals surface area contributed by atoms with Gasteiger partial charge >= 0.3 is 0 Å². The van der Waals surface area contributed by atoms with Crippen LogP contribution in [0.3, 0.4) is 0 Å². The van der Waals surface area contributed by atoms with Gasteiger partial charge in [-0.05, 0) is 46.5 Å². The average molecular weight is 284 g/mol. The van der Waals surface area contributed by atoms with Crippen LogP contribution in [-0.4, -0.2) is 13.6 Å². The van der Waals surface area contributed by atoms with E-state index >= 15 is 0 Å². The van der Waals surface area contributed by atoms with Crippen LogP contribution in [0.15, 0.2) is 24.3 Å². The largest absolute Gasteiger partial charge is 0.454 e. The molecule has 0 aromatic heterocycles. The Morgan fingerprint density at radius 2 is 1.00 bits per heavy atom. The van der Waals surface area contributed by atoms with Gasteiger partial charge in [0.1, 0.15) is 0 Å². The maximum absolute atomic E-state index is 5.77. The molecule has 5 heteroatoms. The van der Waals surface area contributed by atoms with Gasteiger partial charge in [-0.2, -0.15) is 0 Å². The molecule has 0 atom stereocenters. The summed E-state index contributed by atoms with van der Waals surface area (Å²) in [5.41, 5.74) is 4.39. The van der Waals surface area contributed by atoms with Gasteiger partial charge in [0.25, 0.3) is 0 Å². The van der Waals surface area contributed by atoms with Crippen molar-refractivity contribution in [3.63, 3.8) is 0 Å². The van der Waals surface area contributed by atoms with Crippen molar-refractivity contribution in [3.05, 3.63) is 35.4 Å². The highest BCUT2D eigenvalue weighted by Crippen LogP contribution is 2.45. The zero-order valence-electron chi connectivity index (χ0n) is 11.2. The molecule has 0 radical (unpaired) electrons. The lowest BCUT2D eigenvalue weighted by molar-refractivity contribution is 0.109. The Hall–Kier alpha value is -2.40. The van der Waals surface area contributed by atoms with Crippen molar-refractivity contribution < 1.29 is 23.7 Å². The van der Waals surface area contributed by atoms with Gasteiger partial charge in [-0.1, -0.05) is 0 Å². The molecule has 0 saturated carbocycles. The fraction of sp³-hybridized carbons (Fsp3) is 0.250. The van der Waals surface area contributed by atoms with Crippen LogP contribution in [0.2, 0.25) is 0 Å². The first-order valence-corrected chi connectivity index (χ1v) is 6.82. The topological polar surface area (TPSA) is 46.2 Å². The predicted octanol–water partition coefficient (Wildman–Crippen LogP) is 2.84. The third-order valence-corrected chi connectivity index (χ3v) is 4.00. The van der Waals surface area contributed by atoms with Crippen molar-refractivity contribution in [1.82, 2.24) is 0 Å². The summed E-state index contributed by atoms with van der Waals surface area (Å²) >= 11 is 0. The first-order chi connectivity index (χ1) is 10.4. The molecule has 5 rings (SSSR count). The molecule has 0 spiro atoms. The van der Waals surface area contributed by atoms with Gasteiger partial charge in [0.2, 0.25) is 13.6 Å². The Balaban J connectivity index is 1.75. The van der Waals surface area contributed by atoms with Crippen molar-refractivity contribution in [1.29, 1.82) is 0 Å². The van der Waals surface area contributed by atoms with E-state index in [1.54, 1.807) is 0 Å². The SMILES string of the molecule is c1c2c(cc3c1OCO3)-c1cc3c(cc1COC2)OCO3. The first kappa shape index (κ1) is 11.3. The van der Waals surface area contributed by atoms with Crippen molar-refractivity contribution in [2.24, 2.45) is 0 Å². The highest BCUT2D eigenvalue weighted by atomic mass is 16.7. The second-order valence-corrected chi connectivity index (χ2v) is 5.22. The number of hydrogen-bond donors (Lipinski definition) is 0. The van der Waals surface area contributed by atoms with Crippen LogP contribution in [0.4, 0.5) is 0 Å². The average Bonchev–Trinajstić information content (AvgIpc) is 3.09. The third-order valence-electron chi connectivity index (χ3n) is 4.00. The second kappa shape index (κ2) is 4.05. The van der Waals surface area contributed by atoms with Crippen molar-refractivity contribution in [2.45, 2.75) is 13.2 Å². The molecular formula is C16H12O5. The van der Waals surface area contributed by atoms with Crippen LogP contribution in [0.25, 0.3) is 11.1 Å². The number of rotatable bonds is 0. The quantitative estimate of drug-likeness (QED) is 0.744. The molecule has 3 heterocycles. The Morgan fingerprint density at radius 3 is 1.48 bits per heavy atom. The van der Waals surface area contributed by atoms with Crippen LogP contribution < -0.4 is 18.9 Å². The predicted molar refractivity (Wildman–Crippen MR) is 72.6 cm³/mol. The lowest BCUT2D eigenvalue weighted by atomic mass is 9.95. The molecule has 0 fully saturated rings. The van der Waals surface area contributed by atoms with E-state index in [0.717, 1.165) is 45.3 Å². The van der Waals surface area contributed by atoms with Gasteiger partial charge in [0, 0.05) is 0 Å². The minimum atomic E-state index is 0.271. The summed E-state index contributed by atoms with van der Waals surface area (Å²) < 4.78 is 27.7. The van der Waals surface area contributed by atoms with E-state index in [4.69, 9.17) is 23.7 Å². The molecule has 3 aliphatic heterocycles. The molecule has 3 aliphatic rings. The summed E-state index contributed by atoms with van der Waals surface area (Å²) in [5, 5.41) is 0. The zero-order chi connectivity index (χ0) is 13.8. The Bertz CT molecular complexity index is 689. The normalized spacial score (nSPS) is 17.1. The lowest BCUT2D eigenvalue weighted by Crippen LogP contribution is -1.93. The maximum Gasteiger partial charge on any atom is 0.231 e. The minimum absolute atomic E-state index is 0.271. The van der Waals surface area contributed by atoms with Gasteiger partial charge in [-0.3, -0.25) is 0 Å². The molecule has 5 nitrogen and oxygen atoms in total. The van der Waals surface area contributed by atoms with Crippen molar-refractivity contribution in [3.8, 4) is 34.1 Å². The van der Waals surface area contributed by atoms with E-state index in [1.807, 2.05) is 24.3 Å². The Kier molecular flexibility index (Phi) is 2.18. The summed E-state index contributed by atoms with van der Waals surface area (Å²) in [6.07, 6.45) is 0. The molecule has 21 heavy (non-hydrogen) atoms. The Morgan fingerprint density at radius 1 is 0.571 bits per heavy atom. The van der Waals surface area contributed by atoms with E-state index in [0.29, 0.717) is 13.2 Å². The van der Waals surface area contributed by atoms with Crippen LogP contribution in [-0.2, 0) is 18.0 Å². The smallest absolute Gasteiger partial charge is 0.231 e. The number of fused-ring (bicyclic) bond motifs is 5. The highest BCUT2D eigenvalue weighted by molar-refractivity contribution is 5.77. The number of benzene rings is 2. The molecular weight excluding hydrogens is 272 g/mol. The van der Waals surface area contributed by atoms with Gasteiger partial charge in [-0.15, -0.1) is 0 Å². The van der Waals surface area contributed by atoms with Crippen molar-refractivity contribution in [2.75, 3.05) is 13.6 Å². The van der Waals surface area contributed by atoms with Gasteiger partial charge in [0.15, 0.2) is 23.0 Å². The minimum Gasteiger partial charge on any atom is -0.454 e. The monoisotopic (exact) mass is 284 g/mol. The molecule has 106 valence electrons. The summed E-state index contributed by atoms with van der Waals surface area (Å²) in [6, 6.07) is 8.04. The Labute approximate surface area is 120 Å². The van der Waals surface area contributed by atoms with Crippen LogP contribution in [0.1, 0.15) is 11.1 Å². The van der Waals surface area contributed by atoms with E-state index in [-0.39, 0.29) is 13.6 Å². The van der Waals surface area contributed by atoms with Gasteiger partial charge < -0.3 is 23.7 Å². The fourth-order valence-corrected chi connectivity index (χ4v) is 2.98. The van der Waals surface area contributed by atoms with Crippen molar-refractivity contribution >= 4 is 0 Å². The van der Waals surface area contributed by atoms with E-state index in [1.165, 1.54) is 0 Å². The maximum atomic E-state index is 5.77. The first-order valence-electron chi connectivity index (χ1n) is 6.82. The molecule has 0 aliphatic carbocycles. The molecule has 2 aromatic rings. The molecule has 0 bridgehead atoms. The number of ether oxygens (including phenoxy) is 5. The summed E-state index contributed by atoms with van der Waals surface area (Å²) in [6.45, 7) is 1.64. The lowest BCUT2D eigenvalue weighted by Gasteiger charge is -2.10. The summed E-state index contributed by atoms with van der Waals surface area (Å²) in [5.74, 6) is 3.11. The third kappa shape index (κ3) is 1.61. The second-order valence-electron chi connectivity index (χ2n) is 5.22. The van der Waals surface area contributed by atoms with Gasteiger partial charge in [0.05, 0.1) is 13.2 Å². The number of hydrogen-bond acceptors (Lipinski definition) is 5. The summed E-state index contributed by atoms with van der Waals surface area (Å²) in [4.78, 5) is 0. The standard InChI is InChI=1S/C16H12O5/c1-9-5-17-6-10-2-14-16(21-8-19-14)4-12(10)11(9)3-15-13(1)18-7-20-15/h1-4H,5-8H2. The van der Waals surface area contributed by atoms with Crippen LogP contribution in [0.5, 0.6) is 23.0 Å². The summed E-state index contributed by atoms with van der Waals surface area (Å²) in [7, 11) is 0. The molecule has 0 N–H and O–H groups in total. The van der Waals surface area contributed by atoms with Crippen LogP contribution >= 0.6 is 0 Å². The molecule has 0 saturated heterocycles. The zero-order valence-corrected chi connectivity index (χ0v) is 11.2. The molecule has 2 aromatic carbocycles. The molecule has 0 unspecified atom stereocenters. The van der Waals surface area contributed by atoms with Gasteiger partial charge in [-0.25, -0.2) is 0 Å². The van der Waals surface area contributed by atoms with E-state index in [9.17, 15) is 0 Å². The van der Waals surface area contributed by atoms with E-state index in [2.05, 4.69) is 0 Å². The van der Waals surface area contributed by atoms with Crippen LogP contribution in [0, 0.1) is 0 Å². The fourth-order valence-electron chi connectivity index (χ4n) is 2.98. The molecule has 0 amide bonds.